The van der Waals surface area contributed by atoms with Crippen LogP contribution in [-0.4, -0.2) is 25.5 Å². The number of rotatable bonds is 3. The van der Waals surface area contributed by atoms with Crippen molar-refractivity contribution in [1.29, 1.82) is 0 Å². The van der Waals surface area contributed by atoms with Crippen LogP contribution in [0.5, 0.6) is 0 Å². The minimum absolute atomic E-state index is 0.362. The first-order chi connectivity index (χ1) is 5.16. The van der Waals surface area contributed by atoms with E-state index in [4.69, 9.17) is 15.2 Å². The maximum atomic E-state index is 5.50. The monoisotopic (exact) mass is 159 g/mol. The minimum Gasteiger partial charge on any atom is -0.348 e. The van der Waals surface area contributed by atoms with Crippen molar-refractivity contribution in [3.63, 3.8) is 0 Å². The van der Waals surface area contributed by atoms with Gasteiger partial charge >= 0.3 is 0 Å². The molecule has 66 valence electrons. The normalized spacial score (nSPS) is 25.4. The molecule has 0 spiro atoms. The Bertz CT molecular complexity index is 121. The van der Waals surface area contributed by atoms with Crippen molar-refractivity contribution in [3.05, 3.63) is 0 Å². The Morgan fingerprint density at radius 2 is 2.00 bits per heavy atom. The molecule has 0 amide bonds. The summed E-state index contributed by atoms with van der Waals surface area (Å²) in [7, 11) is 0. The summed E-state index contributed by atoms with van der Waals surface area (Å²) in [4.78, 5) is 0. The fourth-order valence-electron chi connectivity index (χ4n) is 1.39. The van der Waals surface area contributed by atoms with Crippen LogP contribution in [0.4, 0.5) is 0 Å². The highest BCUT2D eigenvalue weighted by molar-refractivity contribution is 4.71. The summed E-state index contributed by atoms with van der Waals surface area (Å²) in [5.41, 5.74) is 5.50. The molecule has 0 saturated carbocycles. The molecule has 0 aromatic rings. The van der Waals surface area contributed by atoms with Crippen LogP contribution in [0, 0.1) is 5.92 Å². The van der Waals surface area contributed by atoms with E-state index >= 15 is 0 Å². The van der Waals surface area contributed by atoms with E-state index < -0.39 is 0 Å². The van der Waals surface area contributed by atoms with Crippen LogP contribution in [0.3, 0.4) is 0 Å². The smallest absolute Gasteiger partial charge is 0.166 e. The lowest BCUT2D eigenvalue weighted by Crippen LogP contribution is -2.30. The summed E-state index contributed by atoms with van der Waals surface area (Å²) in [6.07, 6.45) is 0.892. The van der Waals surface area contributed by atoms with E-state index in [9.17, 15) is 0 Å². The summed E-state index contributed by atoms with van der Waals surface area (Å²) in [6, 6.07) is 0. The van der Waals surface area contributed by atoms with Crippen molar-refractivity contribution in [2.24, 2.45) is 11.7 Å². The van der Waals surface area contributed by atoms with Gasteiger partial charge in [0.05, 0.1) is 13.2 Å². The molecule has 3 heteroatoms. The highest BCUT2D eigenvalue weighted by Gasteiger charge is 2.31. The number of ether oxygens (including phenoxy) is 2. The zero-order valence-corrected chi connectivity index (χ0v) is 7.30. The van der Waals surface area contributed by atoms with Gasteiger partial charge in [0.15, 0.2) is 5.79 Å². The quantitative estimate of drug-likeness (QED) is 0.660. The van der Waals surface area contributed by atoms with Crippen LogP contribution >= 0.6 is 0 Å². The second-order valence-electron chi connectivity index (χ2n) is 3.38. The van der Waals surface area contributed by atoms with Gasteiger partial charge in [0.2, 0.25) is 0 Å². The zero-order chi connectivity index (χ0) is 8.32. The van der Waals surface area contributed by atoms with E-state index in [1.807, 2.05) is 6.92 Å². The van der Waals surface area contributed by atoms with E-state index in [1.54, 1.807) is 0 Å². The topological polar surface area (TPSA) is 44.5 Å². The van der Waals surface area contributed by atoms with Crippen LogP contribution in [-0.2, 0) is 9.47 Å². The first kappa shape index (κ1) is 8.97. The molecule has 1 aliphatic rings. The van der Waals surface area contributed by atoms with Crippen LogP contribution in [0.15, 0.2) is 0 Å². The molecule has 0 radical (unpaired) electrons. The molecule has 0 aliphatic carbocycles. The summed E-state index contributed by atoms with van der Waals surface area (Å²) in [5.74, 6) is 0.108. The Kier molecular flexibility index (Phi) is 2.87. The molecule has 1 aliphatic heterocycles. The fraction of sp³-hybridized carbons (Fsp3) is 1.00. The van der Waals surface area contributed by atoms with Crippen molar-refractivity contribution < 1.29 is 9.47 Å². The van der Waals surface area contributed by atoms with Crippen LogP contribution in [0.1, 0.15) is 20.3 Å². The molecule has 1 rings (SSSR count). The predicted octanol–water partition coefficient (Wildman–Crippen LogP) is 0.734. The molecule has 1 saturated heterocycles. The summed E-state index contributed by atoms with van der Waals surface area (Å²) >= 11 is 0. The van der Waals surface area contributed by atoms with Gasteiger partial charge in [-0.25, -0.2) is 0 Å². The lowest BCUT2D eigenvalue weighted by atomic mass is 10.0. The van der Waals surface area contributed by atoms with Gasteiger partial charge in [-0.1, -0.05) is 6.92 Å². The molecule has 3 nitrogen and oxygen atoms in total. The molecule has 11 heavy (non-hydrogen) atoms. The maximum Gasteiger partial charge on any atom is 0.166 e. The molecular formula is C8H17NO2. The maximum absolute atomic E-state index is 5.50. The van der Waals surface area contributed by atoms with E-state index in [0.717, 1.165) is 6.42 Å². The minimum atomic E-state index is -0.362. The summed E-state index contributed by atoms with van der Waals surface area (Å²) in [6.45, 7) is 6.21. The number of hydrogen-bond donors (Lipinski definition) is 1. The molecule has 0 bridgehead atoms. The van der Waals surface area contributed by atoms with Gasteiger partial charge in [-0.05, 0) is 19.4 Å². The Hall–Kier alpha value is -0.120. The Balaban J connectivity index is 2.33. The molecule has 1 heterocycles. The summed E-state index contributed by atoms with van der Waals surface area (Å²) in [5, 5.41) is 0. The third-order valence-corrected chi connectivity index (χ3v) is 2.02. The van der Waals surface area contributed by atoms with E-state index in [1.165, 1.54) is 0 Å². The van der Waals surface area contributed by atoms with E-state index in [2.05, 4.69) is 6.92 Å². The van der Waals surface area contributed by atoms with Gasteiger partial charge in [0.1, 0.15) is 0 Å². The average molecular weight is 159 g/mol. The average Bonchev–Trinajstić information content (AvgIpc) is 2.36. The standard InChI is InChI=1S/C8H17NO2/c1-7(6-9)5-8(2)10-3-4-11-8/h7H,3-6,9H2,1-2H3/t7-/m1/s1. The van der Waals surface area contributed by atoms with Crippen LogP contribution in [0.25, 0.3) is 0 Å². The second kappa shape index (κ2) is 3.52. The Morgan fingerprint density at radius 1 is 1.45 bits per heavy atom. The molecule has 1 fully saturated rings. The fourth-order valence-corrected chi connectivity index (χ4v) is 1.39. The molecule has 1 atom stereocenters. The summed E-state index contributed by atoms with van der Waals surface area (Å²) < 4.78 is 10.9. The Morgan fingerprint density at radius 3 is 2.45 bits per heavy atom. The van der Waals surface area contributed by atoms with E-state index in [-0.39, 0.29) is 5.79 Å². The third-order valence-electron chi connectivity index (χ3n) is 2.02. The lowest BCUT2D eigenvalue weighted by Gasteiger charge is -2.24. The van der Waals surface area contributed by atoms with Gasteiger partial charge < -0.3 is 15.2 Å². The number of hydrogen-bond acceptors (Lipinski definition) is 3. The third kappa shape index (κ3) is 2.43. The van der Waals surface area contributed by atoms with Crippen molar-refractivity contribution >= 4 is 0 Å². The highest BCUT2D eigenvalue weighted by Crippen LogP contribution is 2.25. The zero-order valence-electron chi connectivity index (χ0n) is 7.30. The Labute approximate surface area is 67.9 Å². The second-order valence-corrected chi connectivity index (χ2v) is 3.38. The number of nitrogens with two attached hydrogens (primary N) is 1. The largest absolute Gasteiger partial charge is 0.348 e. The van der Waals surface area contributed by atoms with Gasteiger partial charge in [-0.15, -0.1) is 0 Å². The van der Waals surface area contributed by atoms with Crippen molar-refractivity contribution in [1.82, 2.24) is 0 Å². The lowest BCUT2D eigenvalue weighted by molar-refractivity contribution is -0.153. The first-order valence-electron chi connectivity index (χ1n) is 4.14. The molecule has 0 aromatic heterocycles. The highest BCUT2D eigenvalue weighted by atomic mass is 16.7. The van der Waals surface area contributed by atoms with Gasteiger partial charge in [-0.2, -0.15) is 0 Å². The van der Waals surface area contributed by atoms with Gasteiger partial charge in [0.25, 0.3) is 0 Å². The first-order valence-corrected chi connectivity index (χ1v) is 4.14. The van der Waals surface area contributed by atoms with Crippen molar-refractivity contribution in [3.8, 4) is 0 Å². The van der Waals surface area contributed by atoms with Crippen molar-refractivity contribution in [2.45, 2.75) is 26.1 Å². The van der Waals surface area contributed by atoms with Crippen LogP contribution in [0.2, 0.25) is 0 Å². The molecule has 0 unspecified atom stereocenters. The van der Waals surface area contributed by atoms with Crippen LogP contribution < -0.4 is 5.73 Å². The van der Waals surface area contributed by atoms with Gasteiger partial charge in [0, 0.05) is 6.42 Å². The van der Waals surface area contributed by atoms with Crippen molar-refractivity contribution in [2.75, 3.05) is 19.8 Å². The molecule has 0 aromatic carbocycles. The van der Waals surface area contributed by atoms with E-state index in [0.29, 0.717) is 25.7 Å². The van der Waals surface area contributed by atoms with Gasteiger partial charge in [-0.3, -0.25) is 0 Å². The molecule has 2 N–H and O–H groups in total. The predicted molar refractivity (Wildman–Crippen MR) is 43.1 cm³/mol. The SMILES string of the molecule is C[C@@H](CN)CC1(C)OCCO1. The molecular weight excluding hydrogens is 142 g/mol.